The number of halogens is 8. The molecule has 0 heterocycles. The van der Waals surface area contributed by atoms with Crippen molar-refractivity contribution < 1.29 is 35.1 Å². The molecule has 614 valence electrons. The summed E-state index contributed by atoms with van der Waals surface area (Å²) >= 11 is 0. The summed E-state index contributed by atoms with van der Waals surface area (Å²) in [6, 6.07) is 86.7. The van der Waals surface area contributed by atoms with Crippen molar-refractivity contribution in [1.29, 1.82) is 0 Å². The van der Waals surface area contributed by atoms with Gasteiger partial charge < -0.3 is 9.80 Å². The number of benzene rings is 12. The molecule has 3 aliphatic rings. The monoisotopic (exact) mass is 1600 g/mol. The molecule has 10 heteroatoms. The van der Waals surface area contributed by atoms with Crippen molar-refractivity contribution >= 4 is 34.1 Å². The number of rotatable bonds is 38. The minimum Gasteiger partial charge on any atom is -0.310 e. The van der Waals surface area contributed by atoms with Crippen molar-refractivity contribution in [2.45, 2.75) is 236 Å². The summed E-state index contributed by atoms with van der Waals surface area (Å²) in [6.45, 7) is 8.97. The molecular formula is C109H112F8N2. The van der Waals surface area contributed by atoms with E-state index in [1.54, 1.807) is 0 Å². The molecule has 0 atom stereocenters. The van der Waals surface area contributed by atoms with Crippen LogP contribution in [0.2, 0.25) is 0 Å². The third-order valence-corrected chi connectivity index (χ3v) is 26.3. The SMILES string of the molecule is CCCCCCCCC1(CCCCCCCC)c2cc(-c3ccc4c(c3)C(c3ccc(F)c(C(F)(F)F)c3)(c3ccc(F)c(C(F)(F)F)c3)c3cc(-c5ccc6c(c5)C(CCCCCCCC)(CCCCCCCC)c5cc(N(c7ccccc7)c7ccccc7)ccc5-6)ccc3-4)ccc2-c2ccc(N(c3ccccc3)c3ccccc3)cc21. The van der Waals surface area contributed by atoms with E-state index in [1.807, 2.05) is 60.7 Å². The van der Waals surface area contributed by atoms with Gasteiger partial charge in [0, 0.05) is 45.0 Å². The highest BCUT2D eigenvalue weighted by Gasteiger charge is 2.51. The lowest BCUT2D eigenvalue weighted by atomic mass is 9.66. The lowest BCUT2D eigenvalue weighted by Gasteiger charge is -2.35. The Labute approximate surface area is 700 Å². The van der Waals surface area contributed by atoms with Gasteiger partial charge in [0.15, 0.2) is 0 Å². The van der Waals surface area contributed by atoms with Gasteiger partial charge in [0.05, 0.1) is 16.5 Å². The number of anilines is 6. The van der Waals surface area contributed by atoms with Crippen molar-refractivity contribution in [3.8, 4) is 55.6 Å². The van der Waals surface area contributed by atoms with Crippen LogP contribution in [-0.4, -0.2) is 0 Å². The summed E-state index contributed by atoms with van der Waals surface area (Å²) < 4.78 is 128. The smallest absolute Gasteiger partial charge is 0.310 e. The molecule has 0 spiro atoms. The second-order valence-electron chi connectivity index (χ2n) is 33.9. The van der Waals surface area contributed by atoms with Crippen molar-refractivity contribution in [1.82, 2.24) is 0 Å². The minimum atomic E-state index is -5.22. The molecule has 3 aliphatic carbocycles. The second kappa shape index (κ2) is 37.1. The normalized spacial score (nSPS) is 13.8. The van der Waals surface area contributed by atoms with Crippen LogP contribution in [0.1, 0.15) is 263 Å². The van der Waals surface area contributed by atoms with Gasteiger partial charge in [0.1, 0.15) is 11.6 Å². The lowest BCUT2D eigenvalue weighted by Crippen LogP contribution is -2.30. The fraction of sp³-hybridized carbons (Fsp3) is 0.339. The van der Waals surface area contributed by atoms with Gasteiger partial charge in [-0.05, 0) is 247 Å². The van der Waals surface area contributed by atoms with Crippen molar-refractivity contribution in [2.75, 3.05) is 9.80 Å². The average Bonchev–Trinajstić information content (AvgIpc) is 1.54. The van der Waals surface area contributed by atoms with Crippen LogP contribution in [0.4, 0.5) is 69.2 Å². The van der Waals surface area contributed by atoms with Crippen LogP contribution in [0.3, 0.4) is 0 Å². The van der Waals surface area contributed by atoms with Gasteiger partial charge in [-0.3, -0.25) is 0 Å². The van der Waals surface area contributed by atoms with E-state index in [9.17, 15) is 0 Å². The van der Waals surface area contributed by atoms with Crippen molar-refractivity contribution in [2.24, 2.45) is 0 Å². The summed E-state index contributed by atoms with van der Waals surface area (Å²) in [7, 11) is 0. The zero-order chi connectivity index (χ0) is 82.7. The first-order chi connectivity index (χ1) is 57.9. The summed E-state index contributed by atoms with van der Waals surface area (Å²) in [6.07, 6.45) is 19.8. The molecule has 0 saturated carbocycles. The quantitative estimate of drug-likeness (QED) is 0.0281. The molecule has 0 aromatic heterocycles. The molecule has 0 bridgehead atoms. The molecule has 15 rings (SSSR count). The fourth-order valence-electron chi connectivity index (χ4n) is 20.4. The number of nitrogens with zero attached hydrogens (tertiary/aromatic N) is 2. The number of fused-ring (bicyclic) bond motifs is 9. The molecule has 0 fully saturated rings. The lowest BCUT2D eigenvalue weighted by molar-refractivity contribution is -0.140. The first-order valence-electron chi connectivity index (χ1n) is 44.4. The number of alkyl halides is 6. The molecule has 119 heavy (non-hydrogen) atoms. The zero-order valence-corrected chi connectivity index (χ0v) is 69.6. The van der Waals surface area contributed by atoms with Gasteiger partial charge in [-0.2, -0.15) is 26.3 Å². The Morgan fingerprint density at radius 3 is 0.756 bits per heavy atom. The molecule has 12 aromatic carbocycles. The molecule has 0 aliphatic heterocycles. The fourth-order valence-corrected chi connectivity index (χ4v) is 20.4. The van der Waals surface area contributed by atoms with Gasteiger partial charge >= 0.3 is 12.4 Å². The number of hydrogen-bond acceptors (Lipinski definition) is 2. The molecule has 0 amide bonds. The van der Waals surface area contributed by atoms with E-state index in [0.717, 1.165) is 235 Å². The maximum Gasteiger partial charge on any atom is 0.419 e. The molecule has 0 radical (unpaired) electrons. The molecule has 0 saturated heterocycles. The first kappa shape index (κ1) is 83.7. The number of para-hydroxylation sites is 4. The average molecular weight is 1600 g/mol. The Bertz CT molecular complexity index is 4990. The highest BCUT2D eigenvalue weighted by molar-refractivity contribution is 5.94. The van der Waals surface area contributed by atoms with Crippen LogP contribution in [0, 0.1) is 11.6 Å². The summed E-state index contributed by atoms with van der Waals surface area (Å²) in [5.41, 5.74) is 14.3. The summed E-state index contributed by atoms with van der Waals surface area (Å²) in [4.78, 5) is 4.66. The standard InChI is InChI=1S/C109H112F8N2/c1-5-9-13-17-21-37-65-105(66-38-22-18-14-10-6-2)95-69-77(49-57-89(95)91-61-55-87(75-97(91)105)118(83-41-29-25-30-42-83)84-43-31-26-32-44-84)79-51-59-93-94-60-52-80(72-100(94)107(99(93)71-79,81-53-63-103(110)101(73-81)108(112,113)114)82-54-64-104(111)102(74-82)109(115,116)117)78-50-58-90-92-62-56-88(119(85-45-33-27-34-46-85)86-47-35-28-36-48-86)76-98(92)106(96(90)70-78,67-39-23-19-15-11-7-3)68-40-24-20-16-12-8-4/h25-36,41-64,69-76H,5-24,37-40,65-68H2,1-4H3. The zero-order valence-electron chi connectivity index (χ0n) is 69.6. The summed E-state index contributed by atoms with van der Waals surface area (Å²) in [5, 5.41) is 0. The third-order valence-electron chi connectivity index (χ3n) is 26.3. The van der Waals surface area contributed by atoms with Gasteiger partial charge in [0.2, 0.25) is 0 Å². The van der Waals surface area contributed by atoms with Crippen LogP contribution >= 0.6 is 0 Å². The Hall–Kier alpha value is -10.3. The predicted molar refractivity (Wildman–Crippen MR) is 478 cm³/mol. The minimum absolute atomic E-state index is 0.116. The summed E-state index contributed by atoms with van der Waals surface area (Å²) in [5.74, 6) is -3.05. The largest absolute Gasteiger partial charge is 0.419 e. The van der Waals surface area contributed by atoms with Crippen LogP contribution < -0.4 is 9.80 Å². The van der Waals surface area contributed by atoms with Gasteiger partial charge in [-0.25, -0.2) is 8.78 Å². The number of unbranched alkanes of at least 4 members (excludes halogenated alkanes) is 20. The molecule has 0 N–H and O–H groups in total. The van der Waals surface area contributed by atoms with Crippen LogP contribution in [0.25, 0.3) is 55.6 Å². The molecule has 12 aromatic rings. The maximum atomic E-state index is 16.4. The Morgan fingerprint density at radius 1 is 0.235 bits per heavy atom. The molecule has 0 unspecified atom stereocenters. The Morgan fingerprint density at radius 2 is 0.479 bits per heavy atom. The van der Waals surface area contributed by atoms with E-state index in [2.05, 4.69) is 207 Å². The van der Waals surface area contributed by atoms with E-state index in [4.69, 9.17) is 0 Å². The highest BCUT2D eigenvalue weighted by Crippen LogP contribution is 2.62. The van der Waals surface area contributed by atoms with Crippen molar-refractivity contribution in [3.63, 3.8) is 0 Å². The Balaban J connectivity index is 0.925. The van der Waals surface area contributed by atoms with E-state index in [0.29, 0.717) is 33.4 Å². The highest BCUT2D eigenvalue weighted by atomic mass is 19.4. The van der Waals surface area contributed by atoms with Crippen LogP contribution in [0.5, 0.6) is 0 Å². The van der Waals surface area contributed by atoms with Gasteiger partial charge in [-0.1, -0.05) is 327 Å². The van der Waals surface area contributed by atoms with E-state index < -0.39 is 51.4 Å². The van der Waals surface area contributed by atoms with Crippen molar-refractivity contribution in [3.05, 3.63) is 334 Å². The Kier molecular flexibility index (Phi) is 26.1. The third kappa shape index (κ3) is 17.0. The predicted octanol–water partition coefficient (Wildman–Crippen LogP) is 34.2. The maximum absolute atomic E-state index is 16.4. The van der Waals surface area contributed by atoms with Gasteiger partial charge in [-0.15, -0.1) is 0 Å². The molecule has 2 nitrogen and oxygen atoms in total. The first-order valence-corrected chi connectivity index (χ1v) is 44.4. The van der Waals surface area contributed by atoms with Crippen LogP contribution in [-0.2, 0) is 28.6 Å². The topological polar surface area (TPSA) is 6.48 Å². The van der Waals surface area contributed by atoms with E-state index in [-0.39, 0.29) is 11.1 Å². The second-order valence-corrected chi connectivity index (χ2v) is 33.9. The number of hydrogen-bond donors (Lipinski definition) is 0. The molecular weight excluding hydrogens is 1490 g/mol. The van der Waals surface area contributed by atoms with Gasteiger partial charge in [0.25, 0.3) is 0 Å². The van der Waals surface area contributed by atoms with E-state index in [1.165, 1.54) is 71.2 Å². The van der Waals surface area contributed by atoms with E-state index >= 15 is 35.1 Å². The van der Waals surface area contributed by atoms with Crippen LogP contribution in [0.15, 0.2) is 267 Å².